The van der Waals surface area contributed by atoms with Gasteiger partial charge < -0.3 is 10.7 Å². The van der Waals surface area contributed by atoms with Crippen LogP contribution in [0.15, 0.2) is 6.20 Å². The van der Waals surface area contributed by atoms with Crippen molar-refractivity contribution < 1.29 is 0 Å². The predicted molar refractivity (Wildman–Crippen MR) is 54.1 cm³/mol. The number of fused-ring (bicyclic) bond motifs is 1. The molecular formula is C10H14N4. The van der Waals surface area contributed by atoms with Crippen LogP contribution in [0.4, 0.5) is 0 Å². The summed E-state index contributed by atoms with van der Waals surface area (Å²) in [6.45, 7) is 4.11. The minimum Gasteiger partial charge on any atom is -0.328 e. The molecule has 2 heterocycles. The van der Waals surface area contributed by atoms with E-state index in [0.717, 1.165) is 30.0 Å². The molecule has 2 aromatic heterocycles. The lowest BCUT2D eigenvalue weighted by Gasteiger charge is -2.05. The van der Waals surface area contributed by atoms with Crippen LogP contribution < -0.4 is 5.73 Å². The molecule has 1 saturated carbocycles. The Labute approximate surface area is 82.1 Å². The lowest BCUT2D eigenvalue weighted by molar-refractivity contribution is 0.706. The van der Waals surface area contributed by atoms with Gasteiger partial charge >= 0.3 is 0 Å². The molecule has 1 aliphatic rings. The molecule has 2 aromatic rings. The van der Waals surface area contributed by atoms with E-state index in [2.05, 4.69) is 27.5 Å². The summed E-state index contributed by atoms with van der Waals surface area (Å²) in [5.41, 5.74) is 9.36. The van der Waals surface area contributed by atoms with Crippen molar-refractivity contribution in [2.45, 2.75) is 32.2 Å². The van der Waals surface area contributed by atoms with E-state index in [1.165, 1.54) is 5.69 Å². The minimum atomic E-state index is -0.134. The van der Waals surface area contributed by atoms with Crippen LogP contribution in [-0.2, 0) is 5.54 Å². The number of imidazole rings is 2. The number of aromatic amines is 1. The van der Waals surface area contributed by atoms with Crippen LogP contribution >= 0.6 is 0 Å². The van der Waals surface area contributed by atoms with Crippen molar-refractivity contribution in [3.63, 3.8) is 0 Å². The molecule has 0 spiro atoms. The second kappa shape index (κ2) is 2.20. The smallest absolute Gasteiger partial charge is 0.211 e. The maximum atomic E-state index is 6.14. The summed E-state index contributed by atoms with van der Waals surface area (Å²) in [5.74, 6) is 0.909. The van der Waals surface area contributed by atoms with E-state index < -0.39 is 0 Å². The van der Waals surface area contributed by atoms with Crippen molar-refractivity contribution in [1.29, 1.82) is 0 Å². The monoisotopic (exact) mass is 190 g/mol. The van der Waals surface area contributed by atoms with Gasteiger partial charge in [-0.05, 0) is 26.7 Å². The quantitative estimate of drug-likeness (QED) is 0.710. The first kappa shape index (κ1) is 8.05. The average Bonchev–Trinajstić information content (AvgIpc) is 2.63. The highest BCUT2D eigenvalue weighted by molar-refractivity contribution is 5.41. The van der Waals surface area contributed by atoms with Gasteiger partial charge in [-0.15, -0.1) is 0 Å². The van der Waals surface area contributed by atoms with Gasteiger partial charge in [0, 0.05) is 17.6 Å². The zero-order valence-corrected chi connectivity index (χ0v) is 8.46. The van der Waals surface area contributed by atoms with Crippen LogP contribution in [0.3, 0.4) is 0 Å². The Kier molecular flexibility index (Phi) is 1.27. The van der Waals surface area contributed by atoms with Gasteiger partial charge in [-0.1, -0.05) is 0 Å². The fraction of sp³-hybridized carbons (Fsp3) is 0.500. The number of hydrogen-bond donors (Lipinski definition) is 2. The third-order valence-electron chi connectivity index (χ3n) is 3.04. The Hall–Kier alpha value is -1.29. The first-order valence-corrected chi connectivity index (χ1v) is 4.94. The number of nitrogens with two attached hydrogens (primary N) is 1. The molecule has 0 bridgehead atoms. The summed E-state index contributed by atoms with van der Waals surface area (Å²) in [7, 11) is 0. The van der Waals surface area contributed by atoms with Crippen LogP contribution in [-0.4, -0.2) is 14.4 Å². The van der Waals surface area contributed by atoms with Crippen molar-refractivity contribution in [1.82, 2.24) is 14.4 Å². The summed E-state index contributed by atoms with van der Waals surface area (Å²) in [6.07, 6.45) is 4.19. The van der Waals surface area contributed by atoms with E-state index in [4.69, 9.17) is 5.73 Å². The van der Waals surface area contributed by atoms with Crippen LogP contribution in [0.25, 0.3) is 5.78 Å². The predicted octanol–water partition coefficient (Wildman–Crippen LogP) is 1.23. The third-order valence-corrected chi connectivity index (χ3v) is 3.04. The van der Waals surface area contributed by atoms with Gasteiger partial charge in [0.1, 0.15) is 0 Å². The number of nitrogens with one attached hydrogen (secondary N) is 1. The first-order chi connectivity index (χ1) is 6.60. The molecule has 0 aliphatic heterocycles. The molecule has 4 heteroatoms. The molecule has 0 amide bonds. The fourth-order valence-electron chi connectivity index (χ4n) is 2.01. The summed E-state index contributed by atoms with van der Waals surface area (Å²) < 4.78 is 2.08. The number of nitrogens with zero attached hydrogens (tertiary/aromatic N) is 2. The topological polar surface area (TPSA) is 59.1 Å². The molecule has 1 fully saturated rings. The Balaban J connectivity index is 2.27. The second-order valence-electron chi connectivity index (χ2n) is 4.33. The molecule has 0 saturated heterocycles. The van der Waals surface area contributed by atoms with Crippen LogP contribution in [0, 0.1) is 13.8 Å². The molecule has 0 unspecified atom stereocenters. The lowest BCUT2D eigenvalue weighted by Crippen LogP contribution is -2.20. The second-order valence-corrected chi connectivity index (χ2v) is 4.33. The molecule has 0 atom stereocenters. The van der Waals surface area contributed by atoms with Gasteiger partial charge in [0.05, 0.1) is 11.2 Å². The highest BCUT2D eigenvalue weighted by atomic mass is 15.1. The van der Waals surface area contributed by atoms with Gasteiger partial charge in [0.15, 0.2) is 0 Å². The van der Waals surface area contributed by atoms with E-state index in [-0.39, 0.29) is 5.54 Å². The zero-order valence-electron chi connectivity index (χ0n) is 8.46. The Bertz CT molecular complexity index is 501. The average molecular weight is 190 g/mol. The first-order valence-electron chi connectivity index (χ1n) is 4.94. The van der Waals surface area contributed by atoms with Crippen molar-refractivity contribution in [3.05, 3.63) is 23.3 Å². The van der Waals surface area contributed by atoms with Crippen molar-refractivity contribution in [2.24, 2.45) is 5.73 Å². The Morgan fingerprint density at radius 1 is 1.50 bits per heavy atom. The van der Waals surface area contributed by atoms with Crippen molar-refractivity contribution in [2.75, 3.05) is 0 Å². The van der Waals surface area contributed by atoms with Gasteiger partial charge in [-0.2, -0.15) is 0 Å². The van der Waals surface area contributed by atoms with Crippen LogP contribution in [0.1, 0.15) is 29.9 Å². The SMILES string of the molecule is Cc1cn2c(C)c(C3(N)CC3)nc2[nH]1. The number of aryl methyl sites for hydroxylation is 2. The van der Waals surface area contributed by atoms with Crippen LogP contribution in [0.2, 0.25) is 0 Å². The molecule has 3 N–H and O–H groups in total. The molecule has 14 heavy (non-hydrogen) atoms. The van der Waals surface area contributed by atoms with Crippen molar-refractivity contribution >= 4 is 5.78 Å². The number of aromatic nitrogens is 3. The van der Waals surface area contributed by atoms with E-state index in [1.54, 1.807) is 0 Å². The Morgan fingerprint density at radius 2 is 2.21 bits per heavy atom. The van der Waals surface area contributed by atoms with Gasteiger partial charge in [0.2, 0.25) is 5.78 Å². The van der Waals surface area contributed by atoms with Crippen LogP contribution in [0.5, 0.6) is 0 Å². The van der Waals surface area contributed by atoms with Crippen molar-refractivity contribution in [3.8, 4) is 0 Å². The fourth-order valence-corrected chi connectivity index (χ4v) is 2.01. The minimum absolute atomic E-state index is 0.134. The van der Waals surface area contributed by atoms with Gasteiger partial charge in [-0.25, -0.2) is 4.98 Å². The maximum absolute atomic E-state index is 6.14. The lowest BCUT2D eigenvalue weighted by atomic mass is 10.1. The van der Waals surface area contributed by atoms with Gasteiger partial charge in [-0.3, -0.25) is 4.40 Å². The van der Waals surface area contributed by atoms with E-state index in [9.17, 15) is 0 Å². The third kappa shape index (κ3) is 0.889. The molecule has 74 valence electrons. The maximum Gasteiger partial charge on any atom is 0.211 e. The van der Waals surface area contributed by atoms with E-state index in [0.29, 0.717) is 0 Å². The number of H-pyrrole nitrogens is 1. The molecule has 1 aliphatic carbocycles. The summed E-state index contributed by atoms with van der Waals surface area (Å²) in [4.78, 5) is 7.77. The standard InChI is InChI=1S/C10H14N4/c1-6-5-14-7(2)8(10(11)3-4-10)13-9(14)12-6/h5H,3-4,11H2,1-2H3,(H,12,13). The van der Waals surface area contributed by atoms with Gasteiger partial charge in [0.25, 0.3) is 0 Å². The normalized spacial score (nSPS) is 19.1. The summed E-state index contributed by atoms with van der Waals surface area (Å²) in [5, 5.41) is 0. The molecule has 0 radical (unpaired) electrons. The van der Waals surface area contributed by atoms with E-state index >= 15 is 0 Å². The molecule has 3 rings (SSSR count). The molecular weight excluding hydrogens is 176 g/mol. The zero-order chi connectivity index (χ0) is 9.92. The highest BCUT2D eigenvalue weighted by Crippen LogP contribution is 2.43. The number of rotatable bonds is 1. The largest absolute Gasteiger partial charge is 0.328 e. The summed E-state index contributed by atoms with van der Waals surface area (Å²) >= 11 is 0. The highest BCUT2D eigenvalue weighted by Gasteiger charge is 2.43. The molecule has 4 nitrogen and oxygen atoms in total. The Morgan fingerprint density at radius 3 is 2.79 bits per heavy atom. The molecule has 0 aromatic carbocycles. The number of hydrogen-bond acceptors (Lipinski definition) is 2. The van der Waals surface area contributed by atoms with E-state index in [1.807, 2.05) is 6.92 Å². The summed E-state index contributed by atoms with van der Waals surface area (Å²) in [6, 6.07) is 0.